The van der Waals surface area contributed by atoms with E-state index in [9.17, 15) is 0 Å². The molecule has 0 unspecified atom stereocenters. The number of anilines is 1. The summed E-state index contributed by atoms with van der Waals surface area (Å²) in [4.78, 5) is 11.3. The number of aromatic nitrogens is 4. The molecular weight excluding hydrogens is 390 g/mol. The van der Waals surface area contributed by atoms with E-state index >= 15 is 0 Å². The molecule has 4 rings (SSSR count). The second-order valence-electron chi connectivity index (χ2n) is 7.13. The molecule has 0 amide bonds. The second-order valence-corrected chi connectivity index (χ2v) is 7.56. The molecule has 1 N–H and O–H groups in total. The monoisotopic (exact) mass is 413 g/mol. The van der Waals surface area contributed by atoms with Gasteiger partial charge in [-0.2, -0.15) is 5.10 Å². The van der Waals surface area contributed by atoms with Gasteiger partial charge in [0.15, 0.2) is 0 Å². The van der Waals surface area contributed by atoms with Gasteiger partial charge in [0.1, 0.15) is 11.9 Å². The summed E-state index contributed by atoms with van der Waals surface area (Å²) in [6.45, 7) is 6.59. The molecule has 0 bridgehead atoms. The zero-order valence-corrected chi connectivity index (χ0v) is 17.3. The number of hydrogen-bond acceptors (Lipinski definition) is 6. The molecule has 1 aliphatic heterocycles. The highest BCUT2D eigenvalue weighted by atomic mass is 35.5. The number of ether oxygens (including phenoxy) is 2. The minimum absolute atomic E-state index is 0.115. The highest BCUT2D eigenvalue weighted by molar-refractivity contribution is 6.30. The quantitative estimate of drug-likeness (QED) is 0.664. The third kappa shape index (κ3) is 5.05. The Morgan fingerprint density at radius 1 is 1.17 bits per heavy atom. The van der Waals surface area contributed by atoms with E-state index in [0.29, 0.717) is 24.8 Å². The van der Waals surface area contributed by atoms with Crippen LogP contribution >= 0.6 is 11.6 Å². The van der Waals surface area contributed by atoms with Gasteiger partial charge in [-0.1, -0.05) is 11.6 Å². The van der Waals surface area contributed by atoms with Crippen molar-refractivity contribution in [1.29, 1.82) is 0 Å². The van der Waals surface area contributed by atoms with E-state index in [-0.39, 0.29) is 6.10 Å². The Morgan fingerprint density at radius 2 is 1.93 bits per heavy atom. The number of morpholine rings is 1. The normalized spacial score (nSPS) is 16.8. The third-order valence-corrected chi connectivity index (χ3v) is 5.01. The molecule has 1 fully saturated rings. The van der Waals surface area contributed by atoms with Crippen LogP contribution in [0, 0.1) is 13.8 Å². The number of hydrogen-bond donors (Lipinski definition) is 1. The zero-order chi connectivity index (χ0) is 20.2. The van der Waals surface area contributed by atoms with Crippen LogP contribution in [0.3, 0.4) is 0 Å². The molecule has 29 heavy (non-hydrogen) atoms. The molecule has 1 aromatic carbocycles. The smallest absolute Gasteiger partial charge is 0.225 e. The van der Waals surface area contributed by atoms with Crippen LogP contribution in [0.15, 0.2) is 36.4 Å². The fourth-order valence-corrected chi connectivity index (χ4v) is 3.47. The fourth-order valence-electron chi connectivity index (χ4n) is 3.34. The van der Waals surface area contributed by atoms with Crippen molar-refractivity contribution in [3.8, 4) is 5.75 Å². The summed E-state index contributed by atoms with van der Waals surface area (Å²) in [5.41, 5.74) is 3.84. The van der Waals surface area contributed by atoms with Crippen LogP contribution in [0.25, 0.3) is 0 Å². The minimum Gasteiger partial charge on any atom is -0.493 e. The second kappa shape index (κ2) is 8.80. The van der Waals surface area contributed by atoms with Gasteiger partial charge in [-0.05, 0) is 50.2 Å². The van der Waals surface area contributed by atoms with Gasteiger partial charge < -0.3 is 14.4 Å². The lowest BCUT2D eigenvalue weighted by molar-refractivity contribution is 0.0364. The van der Waals surface area contributed by atoms with Gasteiger partial charge in [-0.3, -0.25) is 5.10 Å². The predicted octanol–water partition coefficient (Wildman–Crippen LogP) is 3.67. The van der Waals surface area contributed by atoms with Gasteiger partial charge >= 0.3 is 0 Å². The molecule has 1 atom stereocenters. The Labute approximate surface area is 175 Å². The molecule has 152 valence electrons. The van der Waals surface area contributed by atoms with Crippen LogP contribution in [0.2, 0.25) is 5.02 Å². The molecule has 1 aliphatic rings. The summed E-state index contributed by atoms with van der Waals surface area (Å²) in [6.07, 6.45) is 0.613. The Hall–Kier alpha value is -2.64. The molecule has 0 radical (unpaired) electrons. The topological polar surface area (TPSA) is 76.2 Å². The number of H-pyrrole nitrogens is 1. The Kier molecular flexibility index (Phi) is 5.97. The van der Waals surface area contributed by atoms with Crippen molar-refractivity contribution in [2.24, 2.45) is 0 Å². The molecule has 0 aliphatic carbocycles. The van der Waals surface area contributed by atoms with E-state index in [1.54, 1.807) is 0 Å². The number of benzene rings is 1. The van der Waals surface area contributed by atoms with Gasteiger partial charge in [-0.15, -0.1) is 0 Å². The van der Waals surface area contributed by atoms with Crippen molar-refractivity contribution in [2.45, 2.75) is 26.4 Å². The van der Waals surface area contributed by atoms with Gasteiger partial charge in [0, 0.05) is 35.1 Å². The van der Waals surface area contributed by atoms with Crippen molar-refractivity contribution in [1.82, 2.24) is 20.2 Å². The number of nitrogens with zero attached hydrogens (tertiary/aromatic N) is 4. The number of nitrogens with one attached hydrogen (secondary N) is 1. The fraction of sp³-hybridized carbons (Fsp3) is 0.381. The summed E-state index contributed by atoms with van der Waals surface area (Å²) < 4.78 is 11.7. The van der Waals surface area contributed by atoms with Crippen molar-refractivity contribution >= 4 is 17.5 Å². The predicted molar refractivity (Wildman–Crippen MR) is 112 cm³/mol. The van der Waals surface area contributed by atoms with Crippen molar-refractivity contribution in [3.63, 3.8) is 0 Å². The first-order valence-electron chi connectivity index (χ1n) is 9.68. The molecule has 0 spiro atoms. The number of halogens is 1. The Balaban J connectivity index is 1.35. The summed E-state index contributed by atoms with van der Waals surface area (Å²) in [6, 6.07) is 11.4. The lowest BCUT2D eigenvalue weighted by Gasteiger charge is -2.32. The van der Waals surface area contributed by atoms with Crippen LogP contribution in [-0.2, 0) is 11.2 Å². The Morgan fingerprint density at radius 3 is 2.69 bits per heavy atom. The number of aryl methyl sites for hydroxylation is 2. The van der Waals surface area contributed by atoms with E-state index in [4.69, 9.17) is 21.1 Å². The highest BCUT2D eigenvalue weighted by Gasteiger charge is 2.26. The van der Waals surface area contributed by atoms with Crippen LogP contribution in [-0.4, -0.2) is 46.5 Å². The number of rotatable bonds is 6. The highest BCUT2D eigenvalue weighted by Crippen LogP contribution is 2.24. The van der Waals surface area contributed by atoms with Crippen LogP contribution in [0.5, 0.6) is 5.75 Å². The first-order chi connectivity index (χ1) is 14.1. The summed E-state index contributed by atoms with van der Waals surface area (Å²) in [7, 11) is 0. The average Bonchev–Trinajstić information content (AvgIpc) is 3.18. The lowest BCUT2D eigenvalue weighted by Crippen LogP contribution is -2.39. The largest absolute Gasteiger partial charge is 0.493 e. The van der Waals surface area contributed by atoms with Gasteiger partial charge in [-0.25, -0.2) is 9.97 Å². The standard InChI is InChI=1S/C21H24ClN5O2/c1-14-11-15(2)24-21(23-14)27-8-10-29-20(13-27)19-12-17(25-26-19)7-9-28-18-5-3-16(22)4-6-18/h3-6,11-12,20H,7-10,13H2,1-2H3,(H,25,26)/t20-/m0/s1. The maximum absolute atomic E-state index is 5.95. The zero-order valence-electron chi connectivity index (χ0n) is 16.6. The van der Waals surface area contributed by atoms with E-state index < -0.39 is 0 Å². The average molecular weight is 414 g/mol. The SMILES string of the molecule is Cc1cc(C)nc(N2CCO[C@H](c3cc(CCOc4ccc(Cl)cc4)[nH]n3)C2)n1. The van der Waals surface area contributed by atoms with E-state index in [1.807, 2.05) is 50.2 Å². The lowest BCUT2D eigenvalue weighted by atomic mass is 10.2. The van der Waals surface area contributed by atoms with Crippen LogP contribution < -0.4 is 9.64 Å². The molecule has 3 heterocycles. The van der Waals surface area contributed by atoms with Crippen molar-refractivity contribution < 1.29 is 9.47 Å². The maximum Gasteiger partial charge on any atom is 0.225 e. The number of aromatic amines is 1. The van der Waals surface area contributed by atoms with E-state index in [1.165, 1.54) is 0 Å². The van der Waals surface area contributed by atoms with Crippen LogP contribution in [0.4, 0.5) is 5.95 Å². The van der Waals surface area contributed by atoms with E-state index in [0.717, 1.165) is 47.4 Å². The third-order valence-electron chi connectivity index (χ3n) is 4.75. The molecule has 8 heteroatoms. The van der Waals surface area contributed by atoms with Gasteiger partial charge in [0.2, 0.25) is 5.95 Å². The minimum atomic E-state index is -0.115. The molecule has 1 saturated heterocycles. The first-order valence-corrected chi connectivity index (χ1v) is 10.1. The van der Waals surface area contributed by atoms with Crippen molar-refractivity contribution in [2.75, 3.05) is 31.2 Å². The Bertz CT molecular complexity index is 940. The van der Waals surface area contributed by atoms with Crippen molar-refractivity contribution in [3.05, 3.63) is 64.2 Å². The summed E-state index contributed by atoms with van der Waals surface area (Å²) >= 11 is 5.89. The van der Waals surface area contributed by atoms with Crippen LogP contribution in [0.1, 0.15) is 28.9 Å². The summed E-state index contributed by atoms with van der Waals surface area (Å²) in [5.74, 6) is 1.55. The van der Waals surface area contributed by atoms with E-state index in [2.05, 4.69) is 25.1 Å². The van der Waals surface area contributed by atoms with Gasteiger partial charge in [0.25, 0.3) is 0 Å². The first kappa shape index (κ1) is 19.7. The maximum atomic E-state index is 5.95. The molecule has 7 nitrogen and oxygen atoms in total. The molecule has 2 aromatic heterocycles. The molecule has 0 saturated carbocycles. The van der Waals surface area contributed by atoms with Gasteiger partial charge in [0.05, 0.1) is 25.5 Å². The molecular formula is C21H24ClN5O2. The summed E-state index contributed by atoms with van der Waals surface area (Å²) in [5, 5.41) is 8.24. The molecule has 3 aromatic rings.